The maximum atomic E-state index is 7.17. The predicted octanol–water partition coefficient (Wildman–Crippen LogP) is 15.6. The fourth-order valence-corrected chi connectivity index (χ4v) is 27.1. The first kappa shape index (κ1) is 73.0. The summed E-state index contributed by atoms with van der Waals surface area (Å²) in [7, 11) is -3.39. The molecule has 0 nitrogen and oxygen atoms in total. The second-order valence-corrected chi connectivity index (χ2v) is 32.8. The molecule has 0 fully saturated rings. The maximum absolute atomic E-state index is 7.17. The van der Waals surface area contributed by atoms with Crippen LogP contribution >= 0.6 is 31.7 Å². The first-order valence-electron chi connectivity index (χ1n) is 29.6. The third-order valence-electron chi connectivity index (χ3n) is 16.0. The zero-order valence-corrected chi connectivity index (χ0v) is 62.7. The van der Waals surface area contributed by atoms with Crippen LogP contribution in [0, 0.1) is 49.4 Å². The van der Waals surface area contributed by atoms with Gasteiger partial charge < -0.3 is 25.7 Å². The van der Waals surface area contributed by atoms with Gasteiger partial charge in [0, 0.05) is 0 Å². The Kier molecular flexibility index (Phi) is 29.7. The van der Waals surface area contributed by atoms with E-state index in [2.05, 4.69) is 278 Å². The molecule has 0 N–H and O–H groups in total. The molecule has 0 amide bonds. The van der Waals surface area contributed by atoms with Crippen molar-refractivity contribution in [2.45, 2.75) is 12.8 Å². The molecular weight excluding hydrogens is 1920 g/mol. The largest absolute Gasteiger partial charge is 1.00 e. The molecule has 0 atom stereocenters. The van der Waals surface area contributed by atoms with Crippen molar-refractivity contribution in [1.82, 2.24) is 0 Å². The van der Waals surface area contributed by atoms with E-state index >= 15 is 0 Å². The van der Waals surface area contributed by atoms with Crippen LogP contribution in [0.2, 0.25) is 0 Å². The zero-order valence-electron chi connectivity index (χ0n) is 50.1. The molecule has 0 spiro atoms. The molecule has 2 aliphatic rings. The Labute approximate surface area is 613 Å². The van der Waals surface area contributed by atoms with Crippen LogP contribution in [0.25, 0.3) is 22.3 Å². The van der Waals surface area contributed by atoms with E-state index < -0.39 is 31.7 Å². The monoisotopic (exact) mass is 1980 g/mol. The van der Waals surface area contributed by atoms with Gasteiger partial charge in [-0.2, -0.15) is 0 Å². The summed E-state index contributed by atoms with van der Waals surface area (Å²) in [5, 5.41) is 12.0. The second kappa shape index (κ2) is 37.5. The number of hydrogen-bond acceptors (Lipinski definition) is 0. The average Bonchev–Trinajstić information content (AvgIpc) is 1.63. The Morgan fingerprint density at radius 1 is 0.217 bits per heavy atom. The van der Waals surface area contributed by atoms with Gasteiger partial charge in [-0.3, -0.25) is 23.7 Å². The van der Waals surface area contributed by atoms with Crippen LogP contribution in [-0.4, -0.2) is 11.8 Å². The van der Waals surface area contributed by atoms with Gasteiger partial charge in [-0.25, -0.2) is 0 Å². The predicted molar refractivity (Wildman–Crippen MR) is 386 cm³/mol. The summed E-state index contributed by atoms with van der Waals surface area (Å²) in [5.74, 6) is 12.2. The molecule has 0 bridgehead atoms. The van der Waals surface area contributed by atoms with Gasteiger partial charge >= 0.3 is 89.5 Å². The van der Waals surface area contributed by atoms with Crippen molar-refractivity contribution in [2.75, 3.05) is 11.8 Å². The minimum atomic E-state index is -0.847. The van der Waals surface area contributed by atoms with Crippen LogP contribution in [0.4, 0.5) is 0 Å². The molecule has 0 heterocycles. The SMILES string of the molecule is [Au+].[Au+].[Au+].[Au+].[C-]#Cc1ccc2c(c1)Cc1ccc(C#[C-])cc1-2.[C-]#Cc1ccc2c(c1)Cc1ccc(C#[C-])cc1-2.c1ccc([PH+](C[PH+](c2ccccc2)c2ccccc2)c2ccccc2)cc1.c1ccc([PH+](C[PH+](c2ccccc2)c2ccccc2)c2ccccc2)cc1. The fraction of sp³-hybridized carbons (Fsp3) is 0.0476. The van der Waals surface area contributed by atoms with E-state index in [4.69, 9.17) is 25.7 Å². The Morgan fingerprint density at radius 3 is 0.620 bits per heavy atom. The molecule has 0 saturated heterocycles. The third kappa shape index (κ3) is 18.9. The third-order valence-corrected chi connectivity index (χ3v) is 29.9. The van der Waals surface area contributed by atoms with Gasteiger partial charge in [-0.1, -0.05) is 181 Å². The Bertz CT molecular complexity index is 3820. The van der Waals surface area contributed by atoms with E-state index in [9.17, 15) is 0 Å². The smallest absolute Gasteiger partial charge is 0.366 e. The van der Waals surface area contributed by atoms with Crippen molar-refractivity contribution >= 4 is 74.1 Å². The van der Waals surface area contributed by atoms with Gasteiger partial charge in [0.05, 0.1) is 0 Å². The molecule has 12 aromatic rings. The molecule has 0 aromatic heterocycles. The Hall–Kier alpha value is -6.44. The van der Waals surface area contributed by atoms with Gasteiger partial charge in [0.1, 0.15) is 74.1 Å². The summed E-state index contributed by atoms with van der Waals surface area (Å²) in [4.78, 5) is 0. The van der Waals surface area contributed by atoms with E-state index in [1.807, 2.05) is 60.7 Å². The maximum Gasteiger partial charge on any atom is 1.00 e. The molecule has 2 aliphatic carbocycles. The van der Waals surface area contributed by atoms with Crippen LogP contribution in [0.5, 0.6) is 0 Å². The molecule has 8 heteroatoms. The van der Waals surface area contributed by atoms with Gasteiger partial charge in [0.15, 0.2) is 11.8 Å². The zero-order chi connectivity index (χ0) is 60.3. The van der Waals surface area contributed by atoms with Crippen LogP contribution in [0.3, 0.4) is 0 Å². The molecule has 0 radical (unpaired) electrons. The quantitative estimate of drug-likeness (QED) is 0.0495. The minimum Gasteiger partial charge on any atom is -0.366 e. The molecule has 460 valence electrons. The van der Waals surface area contributed by atoms with Crippen LogP contribution in [0.1, 0.15) is 44.5 Å². The number of fused-ring (bicyclic) bond motifs is 6. The van der Waals surface area contributed by atoms with E-state index in [0.29, 0.717) is 0 Å². The van der Waals surface area contributed by atoms with Crippen molar-refractivity contribution in [3.05, 3.63) is 386 Å². The minimum absolute atomic E-state index is 0. The van der Waals surface area contributed by atoms with E-state index in [-0.39, 0.29) is 89.5 Å². The Balaban J connectivity index is 0.000000175. The van der Waals surface area contributed by atoms with Crippen LogP contribution in [0.15, 0.2) is 315 Å². The van der Waals surface area contributed by atoms with Crippen molar-refractivity contribution in [3.63, 3.8) is 0 Å². The van der Waals surface area contributed by atoms with E-state index in [1.54, 1.807) is 0 Å². The van der Waals surface area contributed by atoms with Crippen molar-refractivity contribution in [3.8, 4) is 45.9 Å². The van der Waals surface area contributed by atoms with Crippen LogP contribution in [-0.2, 0) is 102 Å². The molecular formula is C84H64Au4P4+4. The molecule has 0 aliphatic heterocycles. The summed E-state index contributed by atoms with van der Waals surface area (Å²) >= 11 is 0. The molecule has 12 aromatic carbocycles. The summed E-state index contributed by atoms with van der Waals surface area (Å²) in [5.41, 5.74) is 13.1. The van der Waals surface area contributed by atoms with E-state index in [0.717, 1.165) is 35.1 Å². The van der Waals surface area contributed by atoms with Gasteiger partial charge in [-0.15, -0.1) is 70.8 Å². The van der Waals surface area contributed by atoms with Gasteiger partial charge in [-0.05, 0) is 143 Å². The number of benzene rings is 12. The van der Waals surface area contributed by atoms with Crippen molar-refractivity contribution in [2.24, 2.45) is 0 Å². The summed E-state index contributed by atoms with van der Waals surface area (Å²) in [6.07, 6.45) is 30.4. The standard InChI is InChI=1S/2C25H22P2.2C17H8.4Au/c2*1-5-13-22(14-6-1)26(23-15-7-2-8-16-23)21-27(24-17-9-3-10-18-24)25-19-11-4-12-20-25;2*1-3-12-6-8-16-15(9-12)11-14-7-5-13(4-2)10-17(14)16;;;;/h2*1-20H,21H2;2*5-10H,11H2;;;;/q;;2*-2;4*+1/p+4. The van der Waals surface area contributed by atoms with Crippen molar-refractivity contribution < 1.29 is 89.5 Å². The Morgan fingerprint density at radius 2 is 0.413 bits per heavy atom. The topological polar surface area (TPSA) is 0 Å². The molecule has 14 rings (SSSR count). The first-order chi connectivity index (χ1) is 43.5. The van der Waals surface area contributed by atoms with Crippen molar-refractivity contribution in [1.29, 1.82) is 0 Å². The summed E-state index contributed by atoms with van der Waals surface area (Å²) in [6, 6.07) is 113. The van der Waals surface area contributed by atoms with Crippen LogP contribution < -0.4 is 42.4 Å². The molecule has 0 saturated carbocycles. The normalized spacial score (nSPS) is 10.6. The van der Waals surface area contributed by atoms with E-state index in [1.165, 1.54) is 98.7 Å². The molecule has 0 unspecified atom stereocenters. The summed E-state index contributed by atoms with van der Waals surface area (Å²) in [6.45, 7) is 0. The second-order valence-electron chi connectivity index (χ2n) is 21.5. The first-order valence-corrected chi connectivity index (χ1v) is 36.4. The number of hydrogen-bond donors (Lipinski definition) is 0. The van der Waals surface area contributed by atoms with Gasteiger partial charge in [0.2, 0.25) is 0 Å². The number of rotatable bonds is 12. The van der Waals surface area contributed by atoms with Gasteiger partial charge in [0.25, 0.3) is 0 Å². The average molecular weight is 1990 g/mol. The fourth-order valence-electron chi connectivity index (χ4n) is 11.6. The summed E-state index contributed by atoms with van der Waals surface area (Å²) < 4.78 is 0. The molecule has 92 heavy (non-hydrogen) atoms.